The number of halogens is 1. The molecule has 3 rings (SSSR count). The first-order valence-electron chi connectivity index (χ1n) is 6.57. The molecule has 2 aliphatic rings. The number of pyridine rings is 1. The topological polar surface area (TPSA) is 71.7 Å². The number of rotatable bonds is 0. The van der Waals surface area contributed by atoms with Crippen molar-refractivity contribution in [3.63, 3.8) is 0 Å². The van der Waals surface area contributed by atoms with Gasteiger partial charge in [-0.1, -0.05) is 11.6 Å². The first-order valence-corrected chi connectivity index (χ1v) is 6.94. The molecule has 0 bridgehead atoms. The Balaban J connectivity index is 2.08. The summed E-state index contributed by atoms with van der Waals surface area (Å²) in [6.45, 7) is 4.54. The summed E-state index contributed by atoms with van der Waals surface area (Å²) in [6.07, 6.45) is 0. The molecule has 2 N–H and O–H groups in total. The highest BCUT2D eigenvalue weighted by Crippen LogP contribution is 2.35. The molecule has 3 heterocycles. The van der Waals surface area contributed by atoms with Crippen molar-refractivity contribution in [1.82, 2.24) is 14.8 Å². The van der Waals surface area contributed by atoms with E-state index in [0.717, 1.165) is 13.1 Å². The van der Waals surface area contributed by atoms with Gasteiger partial charge in [0.25, 0.3) is 5.91 Å². The Kier molecular flexibility index (Phi) is 3.22. The van der Waals surface area contributed by atoms with E-state index in [1.807, 2.05) is 11.9 Å². The molecule has 1 fully saturated rings. The Bertz CT molecular complexity index is 578. The molecular weight excluding hydrogens is 280 g/mol. The van der Waals surface area contributed by atoms with Crippen molar-refractivity contribution in [2.45, 2.75) is 13.0 Å². The Hall–Kier alpha value is -1.53. The van der Waals surface area contributed by atoms with Crippen LogP contribution in [0.1, 0.15) is 15.9 Å². The van der Waals surface area contributed by atoms with Crippen molar-refractivity contribution in [3.8, 4) is 5.75 Å². The number of aromatic nitrogens is 1. The van der Waals surface area contributed by atoms with E-state index in [2.05, 4.69) is 9.88 Å². The first kappa shape index (κ1) is 13.5. The number of carbonyl (C=O) groups is 1. The van der Waals surface area contributed by atoms with E-state index in [1.165, 1.54) is 0 Å². The molecule has 0 radical (unpaired) electrons. The molecule has 1 aromatic heterocycles. The highest BCUT2D eigenvalue weighted by molar-refractivity contribution is 6.30. The number of hydrogen-bond donors (Lipinski definition) is 1. The van der Waals surface area contributed by atoms with Gasteiger partial charge in [-0.3, -0.25) is 4.79 Å². The van der Waals surface area contributed by atoms with E-state index in [9.17, 15) is 4.79 Å². The number of likely N-dealkylation sites (N-methyl/N-ethyl adjacent to an activating group) is 1. The predicted molar refractivity (Wildman–Crippen MR) is 76.2 cm³/mol. The van der Waals surface area contributed by atoms with Crippen LogP contribution in [0.15, 0.2) is 0 Å². The zero-order chi connectivity index (χ0) is 14.4. The third-order valence-electron chi connectivity index (χ3n) is 3.93. The molecule has 108 valence electrons. The quantitative estimate of drug-likeness (QED) is 0.716. The predicted octanol–water partition coefficient (Wildman–Crippen LogP) is 0.774. The van der Waals surface area contributed by atoms with Crippen molar-refractivity contribution in [1.29, 1.82) is 0 Å². The number of hydrogen-bond acceptors (Lipinski definition) is 5. The van der Waals surface area contributed by atoms with Crippen LogP contribution in [0.2, 0.25) is 5.15 Å². The summed E-state index contributed by atoms with van der Waals surface area (Å²) in [5.74, 6) is 0.505. The van der Waals surface area contributed by atoms with E-state index in [1.54, 1.807) is 6.92 Å². The summed E-state index contributed by atoms with van der Waals surface area (Å²) in [5, 5.41) is 0.283. The maximum Gasteiger partial charge on any atom is 0.261 e. The minimum absolute atomic E-state index is 0.0335. The van der Waals surface area contributed by atoms with Gasteiger partial charge in [-0.05, 0) is 14.0 Å². The molecule has 20 heavy (non-hydrogen) atoms. The Morgan fingerprint density at radius 2 is 2.20 bits per heavy atom. The van der Waals surface area contributed by atoms with Gasteiger partial charge in [-0.2, -0.15) is 0 Å². The van der Waals surface area contributed by atoms with Crippen molar-refractivity contribution in [2.24, 2.45) is 0 Å². The van der Waals surface area contributed by atoms with E-state index in [0.29, 0.717) is 30.0 Å². The number of nitrogen functional groups attached to an aromatic ring is 1. The normalized spacial score (nSPS) is 22.9. The van der Waals surface area contributed by atoms with Crippen LogP contribution in [-0.2, 0) is 0 Å². The fourth-order valence-corrected chi connectivity index (χ4v) is 2.95. The second-order valence-electron chi connectivity index (χ2n) is 5.34. The zero-order valence-electron chi connectivity index (χ0n) is 11.5. The lowest BCUT2D eigenvalue weighted by Crippen LogP contribution is -2.55. The number of fused-ring (bicyclic) bond motifs is 2. The van der Waals surface area contributed by atoms with Gasteiger partial charge >= 0.3 is 0 Å². The van der Waals surface area contributed by atoms with Gasteiger partial charge in [0.05, 0.1) is 6.04 Å². The number of ether oxygens (including phenoxy) is 1. The molecule has 0 aliphatic carbocycles. The average Bonchev–Trinajstić information content (AvgIpc) is 2.54. The summed E-state index contributed by atoms with van der Waals surface area (Å²) < 4.78 is 5.84. The fourth-order valence-electron chi connectivity index (χ4n) is 2.77. The van der Waals surface area contributed by atoms with E-state index < -0.39 is 0 Å². The van der Waals surface area contributed by atoms with Crippen molar-refractivity contribution < 1.29 is 9.53 Å². The van der Waals surface area contributed by atoms with Gasteiger partial charge in [0.15, 0.2) is 0 Å². The second kappa shape index (κ2) is 4.79. The van der Waals surface area contributed by atoms with Crippen molar-refractivity contribution in [2.75, 3.05) is 39.0 Å². The summed E-state index contributed by atoms with van der Waals surface area (Å²) >= 11 is 6.02. The molecule has 1 saturated heterocycles. The summed E-state index contributed by atoms with van der Waals surface area (Å²) in [4.78, 5) is 20.8. The minimum Gasteiger partial charge on any atom is -0.490 e. The lowest BCUT2D eigenvalue weighted by atomic mass is 10.1. The van der Waals surface area contributed by atoms with E-state index in [4.69, 9.17) is 22.1 Å². The molecule has 0 unspecified atom stereocenters. The molecule has 0 saturated carbocycles. The smallest absolute Gasteiger partial charge is 0.261 e. The molecule has 1 aromatic rings. The number of amides is 1. The monoisotopic (exact) mass is 296 g/mol. The first-order chi connectivity index (χ1) is 9.49. The SMILES string of the molecule is Cc1c(Cl)nc(N)c2c1OC[C@H]1CN(C)CCN1C2=O. The molecule has 1 atom stereocenters. The lowest BCUT2D eigenvalue weighted by Gasteiger charge is -2.38. The number of carbonyl (C=O) groups excluding carboxylic acids is 1. The molecule has 1 amide bonds. The minimum atomic E-state index is -0.111. The van der Waals surface area contributed by atoms with Gasteiger partial charge in [-0.25, -0.2) is 4.98 Å². The number of nitrogens with zero attached hydrogens (tertiary/aromatic N) is 3. The highest BCUT2D eigenvalue weighted by Gasteiger charge is 2.37. The van der Waals surface area contributed by atoms with Gasteiger partial charge < -0.3 is 20.3 Å². The van der Waals surface area contributed by atoms with Gasteiger partial charge in [0.1, 0.15) is 28.9 Å². The molecule has 0 aromatic carbocycles. The van der Waals surface area contributed by atoms with Crippen LogP contribution >= 0.6 is 11.6 Å². The van der Waals surface area contributed by atoms with Crippen molar-refractivity contribution >= 4 is 23.3 Å². The van der Waals surface area contributed by atoms with Gasteiger partial charge in [0.2, 0.25) is 0 Å². The standard InChI is InChI=1S/C13H17ClN4O2/c1-7-10-9(12(15)16-11(7)14)13(19)18-4-3-17(2)5-8(18)6-20-10/h8H,3-6H2,1-2H3,(H2,15,16)/t8-/m1/s1. The lowest BCUT2D eigenvalue weighted by molar-refractivity contribution is 0.0442. The van der Waals surface area contributed by atoms with E-state index >= 15 is 0 Å². The Labute approximate surface area is 122 Å². The average molecular weight is 297 g/mol. The Morgan fingerprint density at radius 3 is 2.95 bits per heavy atom. The third-order valence-corrected chi connectivity index (χ3v) is 4.30. The number of nitrogens with two attached hydrogens (primary N) is 1. The number of anilines is 1. The van der Waals surface area contributed by atoms with Crippen LogP contribution in [0.4, 0.5) is 5.82 Å². The van der Waals surface area contributed by atoms with Gasteiger partial charge in [-0.15, -0.1) is 0 Å². The number of piperazine rings is 1. The maximum atomic E-state index is 12.7. The summed E-state index contributed by atoms with van der Waals surface area (Å²) in [6, 6.07) is 0.0335. The third kappa shape index (κ3) is 1.99. The molecule has 0 spiro atoms. The second-order valence-corrected chi connectivity index (χ2v) is 5.70. The molecular formula is C13H17ClN4O2. The highest BCUT2D eigenvalue weighted by atomic mass is 35.5. The Morgan fingerprint density at radius 1 is 1.45 bits per heavy atom. The van der Waals surface area contributed by atoms with E-state index in [-0.39, 0.29) is 22.9 Å². The van der Waals surface area contributed by atoms with Crippen LogP contribution in [0.5, 0.6) is 5.75 Å². The maximum absolute atomic E-state index is 12.7. The van der Waals surface area contributed by atoms with Crippen LogP contribution in [-0.4, -0.2) is 60.0 Å². The van der Waals surface area contributed by atoms with Gasteiger partial charge in [0, 0.05) is 25.2 Å². The van der Waals surface area contributed by atoms with Crippen LogP contribution in [0.3, 0.4) is 0 Å². The molecule has 7 heteroatoms. The van der Waals surface area contributed by atoms with Crippen molar-refractivity contribution in [3.05, 3.63) is 16.3 Å². The molecule has 2 aliphatic heterocycles. The zero-order valence-corrected chi connectivity index (χ0v) is 12.3. The fraction of sp³-hybridized carbons (Fsp3) is 0.538. The van der Waals surface area contributed by atoms with Crippen LogP contribution in [0, 0.1) is 6.92 Å². The van der Waals surface area contributed by atoms with Crippen LogP contribution in [0.25, 0.3) is 0 Å². The molecule has 6 nitrogen and oxygen atoms in total. The van der Waals surface area contributed by atoms with Crippen LogP contribution < -0.4 is 10.5 Å². The largest absolute Gasteiger partial charge is 0.490 e. The summed E-state index contributed by atoms with van der Waals surface area (Å²) in [5.41, 5.74) is 6.90. The summed E-state index contributed by atoms with van der Waals surface area (Å²) in [7, 11) is 2.04.